The SMILES string of the molecule is NC(=O)c1ncccc1C1(O)CCC1. The van der Waals surface area contributed by atoms with E-state index in [0.29, 0.717) is 18.4 Å². The van der Waals surface area contributed by atoms with Gasteiger partial charge in [0.15, 0.2) is 0 Å². The van der Waals surface area contributed by atoms with Crippen molar-refractivity contribution in [1.29, 1.82) is 0 Å². The third-order valence-electron chi connectivity index (χ3n) is 2.72. The minimum atomic E-state index is -0.876. The van der Waals surface area contributed by atoms with Crippen LogP contribution in [0, 0.1) is 0 Å². The minimum Gasteiger partial charge on any atom is -0.385 e. The zero-order valence-corrected chi connectivity index (χ0v) is 7.73. The van der Waals surface area contributed by atoms with Gasteiger partial charge >= 0.3 is 0 Å². The van der Waals surface area contributed by atoms with E-state index in [1.807, 2.05) is 0 Å². The maximum absolute atomic E-state index is 11.1. The second-order valence-electron chi connectivity index (χ2n) is 3.65. The fourth-order valence-electron chi connectivity index (χ4n) is 1.76. The summed E-state index contributed by atoms with van der Waals surface area (Å²) in [6.07, 6.45) is 3.84. The number of pyridine rings is 1. The molecule has 1 aliphatic carbocycles. The van der Waals surface area contributed by atoms with Gasteiger partial charge in [-0.2, -0.15) is 0 Å². The number of aliphatic hydroxyl groups is 1. The van der Waals surface area contributed by atoms with Crippen LogP contribution in [-0.4, -0.2) is 16.0 Å². The van der Waals surface area contributed by atoms with Crippen molar-refractivity contribution in [3.05, 3.63) is 29.6 Å². The smallest absolute Gasteiger partial charge is 0.267 e. The van der Waals surface area contributed by atoms with Crippen molar-refractivity contribution in [1.82, 2.24) is 4.98 Å². The summed E-state index contributed by atoms with van der Waals surface area (Å²) in [6.45, 7) is 0. The van der Waals surface area contributed by atoms with Gasteiger partial charge in [0.05, 0.1) is 5.60 Å². The normalized spacial score (nSPS) is 18.6. The maximum Gasteiger partial charge on any atom is 0.267 e. The molecular weight excluding hydrogens is 180 g/mol. The number of amides is 1. The van der Waals surface area contributed by atoms with Crippen molar-refractivity contribution < 1.29 is 9.90 Å². The van der Waals surface area contributed by atoms with E-state index in [0.717, 1.165) is 6.42 Å². The lowest BCUT2D eigenvalue weighted by Crippen LogP contribution is -2.36. The van der Waals surface area contributed by atoms with Crippen molar-refractivity contribution in [2.75, 3.05) is 0 Å². The molecule has 3 N–H and O–H groups in total. The average molecular weight is 192 g/mol. The van der Waals surface area contributed by atoms with Gasteiger partial charge in [0, 0.05) is 11.8 Å². The van der Waals surface area contributed by atoms with E-state index in [4.69, 9.17) is 5.73 Å². The Morgan fingerprint density at radius 1 is 1.57 bits per heavy atom. The summed E-state index contributed by atoms with van der Waals surface area (Å²) >= 11 is 0. The van der Waals surface area contributed by atoms with Gasteiger partial charge in [-0.1, -0.05) is 6.07 Å². The molecule has 1 aromatic rings. The van der Waals surface area contributed by atoms with Gasteiger partial charge in [0.25, 0.3) is 5.91 Å². The van der Waals surface area contributed by atoms with Crippen LogP contribution < -0.4 is 5.73 Å². The molecule has 0 saturated heterocycles. The monoisotopic (exact) mass is 192 g/mol. The number of carbonyl (C=O) groups is 1. The van der Waals surface area contributed by atoms with E-state index < -0.39 is 11.5 Å². The molecule has 1 aliphatic rings. The quantitative estimate of drug-likeness (QED) is 0.718. The molecule has 74 valence electrons. The van der Waals surface area contributed by atoms with E-state index in [1.54, 1.807) is 12.1 Å². The fraction of sp³-hybridized carbons (Fsp3) is 0.400. The Kier molecular flexibility index (Phi) is 2.00. The maximum atomic E-state index is 11.1. The number of hydrogen-bond donors (Lipinski definition) is 2. The highest BCUT2D eigenvalue weighted by Crippen LogP contribution is 2.41. The van der Waals surface area contributed by atoms with Gasteiger partial charge in [0.1, 0.15) is 5.69 Å². The second-order valence-corrected chi connectivity index (χ2v) is 3.65. The molecule has 0 radical (unpaired) electrons. The van der Waals surface area contributed by atoms with Crippen molar-refractivity contribution in [2.24, 2.45) is 5.73 Å². The van der Waals surface area contributed by atoms with Crippen LogP contribution in [0.1, 0.15) is 35.3 Å². The highest BCUT2D eigenvalue weighted by Gasteiger charge is 2.39. The van der Waals surface area contributed by atoms with Crippen molar-refractivity contribution in [3.63, 3.8) is 0 Å². The summed E-state index contributed by atoms with van der Waals surface area (Å²) in [4.78, 5) is 14.9. The van der Waals surface area contributed by atoms with Crippen LogP contribution in [0.3, 0.4) is 0 Å². The lowest BCUT2D eigenvalue weighted by atomic mass is 9.74. The van der Waals surface area contributed by atoms with Gasteiger partial charge in [-0.05, 0) is 25.3 Å². The Morgan fingerprint density at radius 2 is 2.29 bits per heavy atom. The summed E-state index contributed by atoms with van der Waals surface area (Å²) < 4.78 is 0. The largest absolute Gasteiger partial charge is 0.385 e. The molecule has 2 rings (SSSR count). The van der Waals surface area contributed by atoms with Crippen molar-refractivity contribution in [2.45, 2.75) is 24.9 Å². The van der Waals surface area contributed by atoms with Gasteiger partial charge in [-0.3, -0.25) is 9.78 Å². The molecule has 0 atom stereocenters. The van der Waals surface area contributed by atoms with Gasteiger partial charge in [0.2, 0.25) is 0 Å². The van der Waals surface area contributed by atoms with Crippen molar-refractivity contribution in [3.8, 4) is 0 Å². The van der Waals surface area contributed by atoms with Crippen molar-refractivity contribution >= 4 is 5.91 Å². The second kappa shape index (κ2) is 3.06. The highest BCUT2D eigenvalue weighted by atomic mass is 16.3. The molecule has 0 bridgehead atoms. The number of rotatable bonds is 2. The third kappa shape index (κ3) is 1.28. The number of nitrogens with zero attached hydrogens (tertiary/aromatic N) is 1. The zero-order chi connectivity index (χ0) is 10.2. The minimum absolute atomic E-state index is 0.190. The lowest BCUT2D eigenvalue weighted by molar-refractivity contribution is -0.0396. The van der Waals surface area contributed by atoms with Gasteiger partial charge in [-0.15, -0.1) is 0 Å². The van der Waals surface area contributed by atoms with E-state index >= 15 is 0 Å². The molecule has 0 aromatic carbocycles. The summed E-state index contributed by atoms with van der Waals surface area (Å²) in [6, 6.07) is 3.42. The molecule has 0 spiro atoms. The predicted molar refractivity (Wildman–Crippen MR) is 50.5 cm³/mol. The summed E-state index contributed by atoms with van der Waals surface area (Å²) in [5.41, 5.74) is 5.06. The summed E-state index contributed by atoms with van der Waals surface area (Å²) in [5.74, 6) is -0.582. The number of hydrogen-bond acceptors (Lipinski definition) is 3. The Balaban J connectivity index is 2.46. The van der Waals surface area contributed by atoms with E-state index in [-0.39, 0.29) is 5.69 Å². The lowest BCUT2D eigenvalue weighted by Gasteiger charge is -2.37. The van der Waals surface area contributed by atoms with Crippen LogP contribution in [0.15, 0.2) is 18.3 Å². The number of aromatic nitrogens is 1. The third-order valence-corrected chi connectivity index (χ3v) is 2.72. The average Bonchev–Trinajstić information content (AvgIpc) is 2.14. The molecular formula is C10H12N2O2. The van der Waals surface area contributed by atoms with Crippen LogP contribution in [0.4, 0.5) is 0 Å². The number of nitrogens with two attached hydrogens (primary N) is 1. The number of carbonyl (C=O) groups excluding carboxylic acids is 1. The molecule has 1 aromatic heterocycles. The molecule has 0 unspecified atom stereocenters. The highest BCUT2D eigenvalue weighted by molar-refractivity contribution is 5.92. The zero-order valence-electron chi connectivity index (χ0n) is 7.73. The Bertz CT molecular complexity index is 372. The first-order valence-corrected chi connectivity index (χ1v) is 4.61. The first-order chi connectivity index (χ1) is 6.63. The molecule has 1 amide bonds. The molecule has 14 heavy (non-hydrogen) atoms. The van der Waals surface area contributed by atoms with Crippen LogP contribution >= 0.6 is 0 Å². The van der Waals surface area contributed by atoms with Crippen LogP contribution in [0.2, 0.25) is 0 Å². The predicted octanol–water partition coefficient (Wildman–Crippen LogP) is 0.552. The molecule has 0 aliphatic heterocycles. The van der Waals surface area contributed by atoms with E-state index in [2.05, 4.69) is 4.98 Å². The Labute approximate surface area is 81.8 Å². The molecule has 1 saturated carbocycles. The number of primary amides is 1. The Morgan fingerprint density at radius 3 is 2.79 bits per heavy atom. The first-order valence-electron chi connectivity index (χ1n) is 4.61. The first kappa shape index (κ1) is 9.15. The fourth-order valence-corrected chi connectivity index (χ4v) is 1.76. The van der Waals surface area contributed by atoms with Gasteiger partial charge < -0.3 is 10.8 Å². The summed E-state index contributed by atoms with van der Waals surface area (Å²) in [5, 5.41) is 10.1. The summed E-state index contributed by atoms with van der Waals surface area (Å²) in [7, 11) is 0. The standard InChI is InChI=1S/C10H12N2O2/c11-9(13)8-7(3-1-6-12-8)10(14)4-2-5-10/h1,3,6,14H,2,4-5H2,(H2,11,13). The van der Waals surface area contributed by atoms with Crippen LogP contribution in [0.25, 0.3) is 0 Å². The Hall–Kier alpha value is -1.42. The molecule has 4 nitrogen and oxygen atoms in total. The van der Waals surface area contributed by atoms with Crippen LogP contribution in [0.5, 0.6) is 0 Å². The molecule has 1 heterocycles. The van der Waals surface area contributed by atoms with Gasteiger partial charge in [-0.25, -0.2) is 0 Å². The molecule has 4 heteroatoms. The van der Waals surface area contributed by atoms with E-state index in [1.165, 1.54) is 6.20 Å². The topological polar surface area (TPSA) is 76.2 Å². The van der Waals surface area contributed by atoms with Crippen LogP contribution in [-0.2, 0) is 5.60 Å². The van der Waals surface area contributed by atoms with E-state index in [9.17, 15) is 9.90 Å². The molecule has 1 fully saturated rings.